The summed E-state index contributed by atoms with van der Waals surface area (Å²) in [7, 11) is 0. The highest BCUT2D eigenvalue weighted by atomic mass is 16.5. The van der Waals surface area contributed by atoms with E-state index < -0.39 is 23.0 Å². The number of fused-ring (bicyclic) bond motifs is 2. The minimum absolute atomic E-state index is 0.00725. The van der Waals surface area contributed by atoms with Crippen molar-refractivity contribution >= 4 is 34.9 Å². The van der Waals surface area contributed by atoms with Crippen LogP contribution in [0.1, 0.15) is 73.4 Å². The average Bonchev–Trinajstić information content (AvgIpc) is 2.84. The van der Waals surface area contributed by atoms with Gasteiger partial charge in [-0.3, -0.25) is 9.59 Å². The molecule has 2 N–H and O–H groups in total. The third-order valence-corrected chi connectivity index (χ3v) is 5.85. The summed E-state index contributed by atoms with van der Waals surface area (Å²) in [5.74, 6) is -1.64. The maximum absolute atomic E-state index is 13.7. The molecule has 0 unspecified atom stereocenters. The third kappa shape index (κ3) is 6.19. The normalized spacial score (nSPS) is 12.7. The van der Waals surface area contributed by atoms with Gasteiger partial charge in [0.15, 0.2) is 11.6 Å². The van der Waals surface area contributed by atoms with Gasteiger partial charge in [0.05, 0.1) is 22.2 Å². The lowest BCUT2D eigenvalue weighted by Gasteiger charge is -2.32. The Morgan fingerprint density at radius 1 is 0.711 bits per heavy atom. The first-order valence-electron chi connectivity index (χ1n) is 12.2. The number of hydrogen-bond donors (Lipinski definition) is 2. The zero-order valence-corrected chi connectivity index (χ0v) is 22.7. The number of carbonyl (C=O) groups excluding carboxylic acids is 4. The molecule has 38 heavy (non-hydrogen) atoms. The molecule has 2 aromatic rings. The number of nitrogens with one attached hydrogen (secondary N) is 2. The second kappa shape index (κ2) is 10.7. The van der Waals surface area contributed by atoms with Crippen LogP contribution < -0.4 is 10.6 Å². The summed E-state index contributed by atoms with van der Waals surface area (Å²) in [5, 5.41) is 6.56. The molecule has 1 aliphatic carbocycles. The monoisotopic (exact) mass is 518 g/mol. The van der Waals surface area contributed by atoms with E-state index in [9.17, 15) is 19.2 Å². The van der Waals surface area contributed by atoms with E-state index in [4.69, 9.17) is 9.47 Å². The van der Waals surface area contributed by atoms with Crippen molar-refractivity contribution in [2.45, 2.75) is 52.6 Å². The van der Waals surface area contributed by atoms with Crippen molar-refractivity contribution in [3.05, 3.63) is 83.0 Å². The molecule has 0 fully saturated rings. The molecule has 0 atom stereocenters. The number of ether oxygens (including phenoxy) is 2. The van der Waals surface area contributed by atoms with Gasteiger partial charge in [-0.2, -0.15) is 0 Å². The fourth-order valence-corrected chi connectivity index (χ4v) is 3.97. The fraction of sp³-hybridized carbons (Fsp3) is 0.333. The summed E-state index contributed by atoms with van der Waals surface area (Å²) in [4.78, 5) is 51.3. The Morgan fingerprint density at radius 3 is 1.37 bits per heavy atom. The van der Waals surface area contributed by atoms with Crippen LogP contribution in [0.2, 0.25) is 0 Å². The van der Waals surface area contributed by atoms with Crippen LogP contribution in [0.3, 0.4) is 0 Å². The summed E-state index contributed by atoms with van der Waals surface area (Å²) >= 11 is 0. The first-order chi connectivity index (χ1) is 17.6. The van der Waals surface area contributed by atoms with E-state index in [0.717, 1.165) is 0 Å². The molecule has 0 aliphatic heterocycles. The summed E-state index contributed by atoms with van der Waals surface area (Å²) in [6.45, 7) is 17.6. The Kier molecular flexibility index (Phi) is 7.95. The number of anilines is 2. The Morgan fingerprint density at radius 2 is 1.05 bits per heavy atom. The lowest BCUT2D eigenvalue weighted by atomic mass is 9.81. The Bertz CT molecular complexity index is 1250. The lowest BCUT2D eigenvalue weighted by molar-refractivity contribution is -0.140. The van der Waals surface area contributed by atoms with Crippen molar-refractivity contribution in [2.24, 2.45) is 0 Å². The highest BCUT2D eigenvalue weighted by Crippen LogP contribution is 2.38. The topological polar surface area (TPSA) is 111 Å². The van der Waals surface area contributed by atoms with E-state index >= 15 is 0 Å². The van der Waals surface area contributed by atoms with Crippen molar-refractivity contribution in [2.75, 3.05) is 23.8 Å². The van der Waals surface area contributed by atoms with Gasteiger partial charge in [-0.05, 0) is 53.7 Å². The van der Waals surface area contributed by atoms with Gasteiger partial charge >= 0.3 is 11.9 Å². The highest BCUT2D eigenvalue weighted by Gasteiger charge is 2.36. The van der Waals surface area contributed by atoms with Crippen molar-refractivity contribution in [3.63, 3.8) is 0 Å². The largest absolute Gasteiger partial charge is 0.460 e. The molecule has 8 nitrogen and oxygen atoms in total. The van der Waals surface area contributed by atoms with Crippen LogP contribution in [-0.4, -0.2) is 47.8 Å². The van der Waals surface area contributed by atoms with E-state index in [0.29, 0.717) is 22.5 Å². The van der Waals surface area contributed by atoms with E-state index in [1.54, 1.807) is 50.2 Å². The average molecular weight is 519 g/mol. The summed E-state index contributed by atoms with van der Waals surface area (Å²) in [6, 6.07) is 10.1. The molecule has 0 amide bonds. The van der Waals surface area contributed by atoms with Crippen molar-refractivity contribution in [3.8, 4) is 0 Å². The molecule has 2 aromatic carbocycles. The molecule has 0 bridgehead atoms. The number of ketones is 2. The molecule has 0 radical (unpaired) electrons. The Balaban J connectivity index is 2.03. The standard InChI is InChI=1S/C30H34N2O6/c1-17(2)27(35)37-15-29(5,6)31-21-13-14-22(32-30(7,8)16-38-28(36)18(3)4)24-23(21)25(33)19-11-9-10-12-20(19)26(24)34/h9-14,31-32H,1,3,15-16H2,2,4-8H3. The van der Waals surface area contributed by atoms with Crippen LogP contribution in [0.25, 0.3) is 0 Å². The zero-order valence-electron chi connectivity index (χ0n) is 22.7. The highest BCUT2D eigenvalue weighted by molar-refractivity contribution is 6.32. The number of rotatable bonds is 10. The molecule has 1 aliphatic rings. The summed E-state index contributed by atoms with van der Waals surface area (Å²) < 4.78 is 10.7. The van der Waals surface area contributed by atoms with Crippen LogP contribution in [0.4, 0.5) is 11.4 Å². The molecule has 0 saturated carbocycles. The van der Waals surface area contributed by atoms with E-state index in [1.165, 1.54) is 0 Å². The van der Waals surface area contributed by atoms with Gasteiger partial charge in [0.1, 0.15) is 13.2 Å². The van der Waals surface area contributed by atoms with E-state index in [1.807, 2.05) is 27.7 Å². The number of benzene rings is 2. The number of esters is 2. The SMILES string of the molecule is C=C(C)C(=O)OCC(C)(C)Nc1ccc(NC(C)(C)COC(=O)C(=C)C)c2c1C(=O)c1ccccc1C2=O. The van der Waals surface area contributed by atoms with Gasteiger partial charge in [-0.1, -0.05) is 37.4 Å². The first-order valence-corrected chi connectivity index (χ1v) is 12.2. The van der Waals surface area contributed by atoms with Crippen molar-refractivity contribution in [1.82, 2.24) is 0 Å². The van der Waals surface area contributed by atoms with Crippen LogP contribution in [0, 0.1) is 0 Å². The van der Waals surface area contributed by atoms with Gasteiger partial charge in [-0.25, -0.2) is 9.59 Å². The number of hydrogen-bond acceptors (Lipinski definition) is 8. The molecule has 3 rings (SSSR count). The zero-order chi connectivity index (χ0) is 28.4. The van der Waals surface area contributed by atoms with Crippen molar-refractivity contribution in [1.29, 1.82) is 0 Å². The molecular formula is C30H34N2O6. The second-order valence-electron chi connectivity index (χ2n) is 10.8. The van der Waals surface area contributed by atoms with Crippen LogP contribution in [0.5, 0.6) is 0 Å². The first kappa shape index (κ1) is 28.4. The van der Waals surface area contributed by atoms with Crippen LogP contribution in [-0.2, 0) is 19.1 Å². The molecule has 0 aromatic heterocycles. The molecule has 0 saturated heterocycles. The molecule has 0 heterocycles. The van der Waals surface area contributed by atoms with Crippen LogP contribution in [0.15, 0.2) is 60.7 Å². The maximum Gasteiger partial charge on any atom is 0.333 e. The fourth-order valence-electron chi connectivity index (χ4n) is 3.97. The summed E-state index contributed by atoms with van der Waals surface area (Å²) in [5.41, 5.74) is 0.930. The molecular weight excluding hydrogens is 484 g/mol. The second-order valence-corrected chi connectivity index (χ2v) is 10.8. The number of carbonyl (C=O) groups is 4. The molecule has 8 heteroatoms. The van der Waals surface area contributed by atoms with Gasteiger partial charge in [0.25, 0.3) is 0 Å². The summed E-state index contributed by atoms with van der Waals surface area (Å²) in [6.07, 6.45) is 0. The maximum atomic E-state index is 13.7. The van der Waals surface area contributed by atoms with Gasteiger partial charge in [0, 0.05) is 33.6 Å². The third-order valence-electron chi connectivity index (χ3n) is 5.85. The minimum Gasteiger partial charge on any atom is -0.460 e. The smallest absolute Gasteiger partial charge is 0.333 e. The molecule has 0 spiro atoms. The molecule has 200 valence electrons. The Hall–Kier alpha value is -4.20. The van der Waals surface area contributed by atoms with Crippen molar-refractivity contribution < 1.29 is 28.7 Å². The van der Waals surface area contributed by atoms with E-state index in [2.05, 4.69) is 23.8 Å². The quantitative estimate of drug-likeness (QED) is 0.282. The van der Waals surface area contributed by atoms with Gasteiger partial charge in [-0.15, -0.1) is 0 Å². The van der Waals surface area contributed by atoms with Gasteiger partial charge < -0.3 is 20.1 Å². The minimum atomic E-state index is -0.774. The predicted molar refractivity (Wildman–Crippen MR) is 147 cm³/mol. The van der Waals surface area contributed by atoms with E-state index in [-0.39, 0.29) is 47.1 Å². The Labute approximate surface area is 223 Å². The van der Waals surface area contributed by atoms with Gasteiger partial charge in [0.2, 0.25) is 0 Å². The lowest BCUT2D eigenvalue weighted by Crippen LogP contribution is -2.40. The predicted octanol–water partition coefficient (Wildman–Crippen LogP) is 5.08. The van der Waals surface area contributed by atoms with Crippen LogP contribution >= 0.6 is 0 Å².